The Hall–Kier alpha value is -4.94. The number of carbonyl (C=O) groups excluding carboxylic acids is 5. The Morgan fingerprint density at radius 3 is 2.39 bits per heavy atom. The van der Waals surface area contributed by atoms with Crippen LogP contribution in [0.25, 0.3) is 10.9 Å². The Morgan fingerprint density at radius 1 is 0.940 bits per heavy atom. The summed E-state index contributed by atoms with van der Waals surface area (Å²) in [6, 6.07) is 7.92. The zero-order valence-electron chi connectivity index (χ0n) is 39.3. The normalized spacial score (nSPS) is 33.8. The van der Waals surface area contributed by atoms with Gasteiger partial charge in [0.15, 0.2) is 6.10 Å². The minimum absolute atomic E-state index is 0.208. The Labute approximate surface area is 394 Å². The van der Waals surface area contributed by atoms with E-state index in [1.165, 1.54) is 52.0 Å². The molecule has 67 heavy (non-hydrogen) atoms. The van der Waals surface area contributed by atoms with Crippen molar-refractivity contribution in [1.29, 1.82) is 0 Å². The lowest BCUT2D eigenvalue weighted by molar-refractivity contribution is -0.228. The third kappa shape index (κ3) is 6.79. The molecule has 1 amide bonds. The summed E-state index contributed by atoms with van der Waals surface area (Å²) in [5.41, 5.74) is -3.71. The van der Waals surface area contributed by atoms with Crippen molar-refractivity contribution in [3.05, 3.63) is 64.9 Å². The van der Waals surface area contributed by atoms with Gasteiger partial charge in [-0.05, 0) is 86.4 Å². The number of fused-ring (bicyclic) bond motifs is 6. The molecule has 3 aromatic rings. The third-order valence-corrected chi connectivity index (χ3v) is 17.4. The molecule has 17 heteroatoms. The van der Waals surface area contributed by atoms with Gasteiger partial charge >= 0.3 is 23.9 Å². The highest BCUT2D eigenvalue weighted by Crippen LogP contribution is 2.68. The second kappa shape index (κ2) is 17.2. The first kappa shape index (κ1) is 47.1. The molecule has 360 valence electrons. The summed E-state index contributed by atoms with van der Waals surface area (Å²) in [4.78, 5) is 79.6. The van der Waals surface area contributed by atoms with Crippen molar-refractivity contribution >= 4 is 58.6 Å². The van der Waals surface area contributed by atoms with E-state index in [4.69, 9.17) is 23.7 Å². The predicted molar refractivity (Wildman–Crippen MR) is 248 cm³/mol. The van der Waals surface area contributed by atoms with Crippen LogP contribution in [0.4, 0.5) is 5.69 Å². The first-order valence-electron chi connectivity index (χ1n) is 23.3. The molecule has 1 aromatic heterocycles. The fraction of sp³-hybridized carbons (Fsp3) is 0.580. The molecule has 0 radical (unpaired) electrons. The summed E-state index contributed by atoms with van der Waals surface area (Å²) in [5.74, 6) is -2.03. The van der Waals surface area contributed by atoms with Gasteiger partial charge < -0.3 is 43.8 Å². The van der Waals surface area contributed by atoms with Crippen LogP contribution in [-0.4, -0.2) is 152 Å². The van der Waals surface area contributed by atoms with Gasteiger partial charge in [-0.1, -0.05) is 26.0 Å². The number of aliphatic hydroxyl groups is 2. The predicted octanol–water partition coefficient (Wildman–Crippen LogP) is 4.17. The van der Waals surface area contributed by atoms with E-state index >= 15 is 4.79 Å². The number of anilines is 1. The van der Waals surface area contributed by atoms with Crippen LogP contribution in [0.5, 0.6) is 5.75 Å². The number of esters is 4. The molecule has 9 rings (SSSR count). The van der Waals surface area contributed by atoms with Crippen molar-refractivity contribution in [3.8, 4) is 5.75 Å². The highest BCUT2D eigenvalue weighted by Gasteiger charge is 2.81. The van der Waals surface area contributed by atoms with Crippen molar-refractivity contribution in [1.82, 2.24) is 14.8 Å². The van der Waals surface area contributed by atoms with E-state index < -0.39 is 63.5 Å². The molecular formula is C50H62N4O12S. The number of nitrogens with one attached hydrogen (secondary N) is 1. The highest BCUT2D eigenvalue weighted by molar-refractivity contribution is 7.99. The number of piperidine rings is 1. The van der Waals surface area contributed by atoms with E-state index in [0.717, 1.165) is 21.4 Å². The van der Waals surface area contributed by atoms with Crippen molar-refractivity contribution in [2.75, 3.05) is 71.8 Å². The Bertz CT molecular complexity index is 2550. The Morgan fingerprint density at radius 2 is 1.72 bits per heavy atom. The van der Waals surface area contributed by atoms with Gasteiger partial charge in [-0.15, -0.1) is 11.8 Å². The number of thioether (sulfide) groups is 1. The fourth-order valence-corrected chi connectivity index (χ4v) is 14.7. The number of benzene rings is 2. The molecule has 2 saturated heterocycles. The number of aromatic nitrogens is 1. The molecule has 3 fully saturated rings. The molecule has 1 saturated carbocycles. The summed E-state index contributed by atoms with van der Waals surface area (Å²) in [6.45, 7) is 7.92. The lowest BCUT2D eigenvalue weighted by atomic mass is 9.47. The molecule has 6 heterocycles. The van der Waals surface area contributed by atoms with E-state index in [1.807, 2.05) is 44.2 Å². The zero-order valence-corrected chi connectivity index (χ0v) is 40.2. The van der Waals surface area contributed by atoms with Crippen LogP contribution in [0.2, 0.25) is 0 Å². The van der Waals surface area contributed by atoms with Gasteiger partial charge in [0.1, 0.15) is 11.2 Å². The molecular weight excluding hydrogens is 881 g/mol. The molecule has 1 aliphatic carbocycles. The van der Waals surface area contributed by atoms with E-state index in [9.17, 15) is 29.4 Å². The summed E-state index contributed by atoms with van der Waals surface area (Å²) < 4.78 is 28.7. The van der Waals surface area contributed by atoms with Crippen LogP contribution in [0.3, 0.4) is 0 Å². The van der Waals surface area contributed by atoms with E-state index in [1.54, 1.807) is 6.07 Å². The Kier molecular flexibility index (Phi) is 12.1. The van der Waals surface area contributed by atoms with Crippen molar-refractivity contribution < 1.29 is 57.9 Å². The topological polar surface area (TPSA) is 197 Å². The number of carbonyl (C=O) groups is 5. The second-order valence-electron chi connectivity index (χ2n) is 19.4. The lowest BCUT2D eigenvalue weighted by Crippen LogP contribution is -2.81. The van der Waals surface area contributed by atoms with Gasteiger partial charge in [0, 0.05) is 88.8 Å². The molecule has 10 atom stereocenters. The van der Waals surface area contributed by atoms with Crippen LogP contribution in [0, 0.1) is 11.3 Å². The average molecular weight is 943 g/mol. The summed E-state index contributed by atoms with van der Waals surface area (Å²) in [6.07, 6.45) is 5.74. The fourth-order valence-electron chi connectivity index (χ4n) is 13.8. The highest BCUT2D eigenvalue weighted by atomic mass is 32.2. The molecule has 6 aliphatic rings. The van der Waals surface area contributed by atoms with Crippen LogP contribution in [-0.2, 0) is 60.2 Å². The lowest BCUT2D eigenvalue weighted by Gasteiger charge is -2.63. The molecule has 2 unspecified atom stereocenters. The number of ether oxygens (including phenoxy) is 5. The smallest absolute Gasteiger partial charge is 0.344 e. The van der Waals surface area contributed by atoms with Gasteiger partial charge in [-0.3, -0.25) is 29.0 Å². The number of rotatable bonds is 12. The number of aromatic amines is 1. The number of hydrogen-bond acceptors (Lipinski definition) is 15. The molecule has 5 aliphatic heterocycles. The average Bonchev–Trinajstić information content (AvgIpc) is 4.00. The van der Waals surface area contributed by atoms with Gasteiger partial charge in [0.05, 0.1) is 52.2 Å². The maximum atomic E-state index is 15.6. The maximum Gasteiger partial charge on any atom is 0.344 e. The van der Waals surface area contributed by atoms with Gasteiger partial charge in [0.2, 0.25) is 12.0 Å². The maximum absolute atomic E-state index is 15.6. The molecule has 2 bridgehead atoms. The van der Waals surface area contributed by atoms with Crippen LogP contribution >= 0.6 is 11.8 Å². The number of H-pyrrole nitrogens is 1. The van der Waals surface area contributed by atoms with Crippen molar-refractivity contribution in [2.45, 2.75) is 111 Å². The largest absolute Gasteiger partial charge is 0.496 e. The van der Waals surface area contributed by atoms with E-state index in [2.05, 4.69) is 20.9 Å². The van der Waals surface area contributed by atoms with E-state index in [-0.39, 0.29) is 30.5 Å². The van der Waals surface area contributed by atoms with Crippen LogP contribution in [0.15, 0.2) is 47.4 Å². The zero-order chi connectivity index (χ0) is 47.8. The molecule has 2 aromatic carbocycles. The van der Waals surface area contributed by atoms with Gasteiger partial charge in [-0.2, -0.15) is 0 Å². The summed E-state index contributed by atoms with van der Waals surface area (Å²) >= 11 is 1.53. The third-order valence-electron chi connectivity index (χ3n) is 16.4. The van der Waals surface area contributed by atoms with E-state index in [0.29, 0.717) is 99.5 Å². The quantitative estimate of drug-likeness (QED) is 0.0769. The number of nitrogens with zero attached hydrogens (tertiary/aromatic N) is 3. The van der Waals surface area contributed by atoms with Gasteiger partial charge in [0.25, 0.3) is 0 Å². The first-order chi connectivity index (χ1) is 32.1. The van der Waals surface area contributed by atoms with Crippen molar-refractivity contribution in [2.24, 2.45) is 11.3 Å². The minimum Gasteiger partial charge on any atom is -0.496 e. The monoisotopic (exact) mass is 942 g/mol. The second-order valence-corrected chi connectivity index (χ2v) is 20.6. The summed E-state index contributed by atoms with van der Waals surface area (Å²) in [7, 11) is 5.42. The van der Waals surface area contributed by atoms with Crippen LogP contribution in [0.1, 0.15) is 81.7 Å². The molecule has 1 spiro atoms. The standard InChI is InChI=1S/C50H62N4O12S/c1-8-46(60)24-30-25-49(44(58)64-6,40-32(13-18-52(26-30)27-46)33-21-31(11-12-36(33)51-40)67-20-14-39(57)63-5)35-22-34-37(23-38(35)62-4)54(28-55)42-48(34)16-19-53-17-10-15-47(9-2,41(48)53)43(66-29(3)56)50(42,61)45(59)65-7/h10-12,15,21-23,28,30,41-43,51,60-61H,8-9,13-14,16-20,24-27H2,1-7H3/t30-,41+,42?,43-,46+,47-,48-,49+,50+/m1/s1. The number of amides is 1. The molecule has 3 N–H and O–H groups in total. The first-order valence-corrected chi connectivity index (χ1v) is 24.3. The molecule has 16 nitrogen and oxygen atoms in total. The van der Waals surface area contributed by atoms with Crippen molar-refractivity contribution in [3.63, 3.8) is 0 Å². The number of hydrogen-bond donors (Lipinski definition) is 3. The van der Waals surface area contributed by atoms with Crippen LogP contribution < -0.4 is 9.64 Å². The van der Waals surface area contributed by atoms with Gasteiger partial charge in [-0.25, -0.2) is 4.79 Å². The SMILES string of the molecule is CC[C@]1(O)C[C@H]2CN(CCc3c([nH]c4ccc(SCCC(=O)OC)cc34)[C@@](C(=O)OC)(c3cc4c(cc3OC)N(C=O)C3[C@]45CCN4CC=C[C@@](CC)([C@@H](OC(C)=O)[C@]3(O)C(=O)OC)[C@H]45)C2)C1. The summed E-state index contributed by atoms with van der Waals surface area (Å²) in [5, 5.41) is 26.4. The minimum atomic E-state index is -2.57. The Balaban J connectivity index is 1.34. The number of methoxy groups -OCH3 is 4.